The second-order valence-electron chi connectivity index (χ2n) is 6.57. The lowest BCUT2D eigenvalue weighted by Gasteiger charge is -2.31. The number of rotatable bonds is 5. The molecule has 2 N–H and O–H groups in total. The van der Waals surface area contributed by atoms with Gasteiger partial charge in [0, 0.05) is 25.0 Å². The van der Waals surface area contributed by atoms with Crippen LogP contribution in [0.5, 0.6) is 0 Å². The molecule has 2 rings (SSSR count). The monoisotopic (exact) mass is 252 g/mol. The first-order chi connectivity index (χ1) is 8.63. The molecule has 2 aliphatic rings. The Hall–Kier alpha value is -0.570. The average molecular weight is 252 g/mol. The molecule has 0 spiro atoms. The predicted octanol–water partition coefficient (Wildman–Crippen LogP) is 2.46. The van der Waals surface area contributed by atoms with Crippen LogP contribution in [0.15, 0.2) is 0 Å². The van der Waals surface area contributed by atoms with Crippen LogP contribution in [-0.2, 0) is 4.79 Å². The first-order valence-electron chi connectivity index (χ1n) is 7.66. The summed E-state index contributed by atoms with van der Waals surface area (Å²) in [5.74, 6) is 1.96. The molecular weight excluding hydrogens is 224 g/mol. The van der Waals surface area contributed by atoms with Crippen molar-refractivity contribution in [3.63, 3.8) is 0 Å². The fourth-order valence-corrected chi connectivity index (χ4v) is 3.50. The van der Waals surface area contributed by atoms with Crippen LogP contribution in [0.4, 0.5) is 0 Å². The molecule has 0 radical (unpaired) electrons. The van der Waals surface area contributed by atoms with Crippen molar-refractivity contribution in [3.8, 4) is 0 Å². The third kappa shape index (κ3) is 4.27. The smallest absolute Gasteiger partial charge is 0.220 e. The van der Waals surface area contributed by atoms with E-state index in [0.717, 1.165) is 24.8 Å². The van der Waals surface area contributed by atoms with Crippen LogP contribution in [0.25, 0.3) is 0 Å². The van der Waals surface area contributed by atoms with Crippen LogP contribution in [0.1, 0.15) is 58.8 Å². The third-order valence-electron chi connectivity index (χ3n) is 4.33. The van der Waals surface area contributed by atoms with Crippen molar-refractivity contribution in [2.75, 3.05) is 6.54 Å². The van der Waals surface area contributed by atoms with Crippen molar-refractivity contribution in [1.29, 1.82) is 0 Å². The summed E-state index contributed by atoms with van der Waals surface area (Å²) < 4.78 is 0. The molecule has 1 heterocycles. The largest absolute Gasteiger partial charge is 0.352 e. The molecular formula is C15H28N2O. The summed E-state index contributed by atoms with van der Waals surface area (Å²) in [6, 6.07) is 1.06. The van der Waals surface area contributed by atoms with Gasteiger partial charge < -0.3 is 10.6 Å². The lowest BCUT2D eigenvalue weighted by molar-refractivity contribution is -0.119. The van der Waals surface area contributed by atoms with E-state index in [1.807, 2.05) is 0 Å². The summed E-state index contributed by atoms with van der Waals surface area (Å²) in [7, 11) is 0. The number of carbonyl (C=O) groups excluding carboxylic acids is 1. The zero-order valence-corrected chi connectivity index (χ0v) is 11.9. The Kier molecular flexibility index (Phi) is 5.04. The lowest BCUT2D eigenvalue weighted by atomic mass is 9.81. The van der Waals surface area contributed by atoms with Crippen LogP contribution in [0.2, 0.25) is 0 Å². The summed E-state index contributed by atoms with van der Waals surface area (Å²) >= 11 is 0. The molecule has 1 aliphatic heterocycles. The van der Waals surface area contributed by atoms with Gasteiger partial charge in [-0.2, -0.15) is 0 Å². The molecule has 0 bridgehead atoms. The van der Waals surface area contributed by atoms with Crippen molar-refractivity contribution < 1.29 is 4.79 Å². The molecule has 1 aliphatic carbocycles. The highest BCUT2D eigenvalue weighted by Crippen LogP contribution is 2.29. The van der Waals surface area contributed by atoms with Crippen LogP contribution in [0.3, 0.4) is 0 Å². The highest BCUT2D eigenvalue weighted by Gasteiger charge is 2.25. The van der Waals surface area contributed by atoms with Crippen LogP contribution in [-0.4, -0.2) is 24.5 Å². The molecule has 3 atom stereocenters. The number of hydrogen-bond acceptors (Lipinski definition) is 2. The Morgan fingerprint density at radius 2 is 2.17 bits per heavy atom. The minimum absolute atomic E-state index is 0.225. The SMILES string of the molecule is CC(C)CC1CCCC(NCC2CCC(=O)N2)C1. The van der Waals surface area contributed by atoms with Gasteiger partial charge in [0.15, 0.2) is 0 Å². The maximum atomic E-state index is 11.1. The second kappa shape index (κ2) is 6.55. The molecule has 18 heavy (non-hydrogen) atoms. The molecule has 1 amide bonds. The van der Waals surface area contributed by atoms with Crippen molar-refractivity contribution in [2.45, 2.75) is 70.9 Å². The second-order valence-corrected chi connectivity index (χ2v) is 6.57. The number of nitrogens with one attached hydrogen (secondary N) is 2. The summed E-state index contributed by atoms with van der Waals surface area (Å²) in [4.78, 5) is 11.1. The standard InChI is InChI=1S/C15H28N2O/c1-11(2)8-12-4-3-5-13(9-12)16-10-14-6-7-15(18)17-14/h11-14,16H,3-10H2,1-2H3,(H,17,18). The Morgan fingerprint density at radius 1 is 1.33 bits per heavy atom. The molecule has 2 fully saturated rings. The maximum absolute atomic E-state index is 11.1. The van der Waals surface area contributed by atoms with Gasteiger partial charge in [0.1, 0.15) is 0 Å². The van der Waals surface area contributed by atoms with E-state index >= 15 is 0 Å². The molecule has 3 nitrogen and oxygen atoms in total. The molecule has 0 aromatic carbocycles. The highest BCUT2D eigenvalue weighted by atomic mass is 16.1. The normalized spacial score (nSPS) is 32.8. The Bertz CT molecular complexity index is 278. The van der Waals surface area contributed by atoms with Gasteiger partial charge in [-0.05, 0) is 37.5 Å². The van der Waals surface area contributed by atoms with E-state index < -0.39 is 0 Å². The Labute approximate surface area is 111 Å². The maximum Gasteiger partial charge on any atom is 0.220 e. The third-order valence-corrected chi connectivity index (χ3v) is 4.33. The van der Waals surface area contributed by atoms with Crippen LogP contribution in [0, 0.1) is 11.8 Å². The fraction of sp³-hybridized carbons (Fsp3) is 0.933. The van der Waals surface area contributed by atoms with Gasteiger partial charge in [0.25, 0.3) is 0 Å². The van der Waals surface area contributed by atoms with E-state index in [-0.39, 0.29) is 5.91 Å². The first kappa shape index (κ1) is 13.9. The molecule has 3 unspecified atom stereocenters. The molecule has 0 aromatic heterocycles. The number of amides is 1. The predicted molar refractivity (Wildman–Crippen MR) is 74.4 cm³/mol. The van der Waals surface area contributed by atoms with E-state index in [1.165, 1.54) is 32.1 Å². The van der Waals surface area contributed by atoms with Gasteiger partial charge in [-0.3, -0.25) is 4.79 Å². The first-order valence-corrected chi connectivity index (χ1v) is 7.66. The fourth-order valence-electron chi connectivity index (χ4n) is 3.50. The molecule has 1 saturated carbocycles. The summed E-state index contributed by atoms with van der Waals surface area (Å²) in [5, 5.41) is 6.71. The van der Waals surface area contributed by atoms with E-state index in [0.29, 0.717) is 18.5 Å². The summed E-state index contributed by atoms with van der Waals surface area (Å²) in [5.41, 5.74) is 0. The van der Waals surface area contributed by atoms with Crippen LogP contribution >= 0.6 is 0 Å². The average Bonchev–Trinajstić information content (AvgIpc) is 2.72. The zero-order chi connectivity index (χ0) is 13.0. The Balaban J connectivity index is 1.67. The van der Waals surface area contributed by atoms with Gasteiger partial charge in [-0.1, -0.05) is 26.7 Å². The van der Waals surface area contributed by atoms with Gasteiger partial charge in [0.2, 0.25) is 5.91 Å². The lowest BCUT2D eigenvalue weighted by Crippen LogP contribution is -2.42. The topological polar surface area (TPSA) is 41.1 Å². The van der Waals surface area contributed by atoms with Crippen molar-refractivity contribution >= 4 is 5.91 Å². The number of carbonyl (C=O) groups is 1. The number of hydrogen-bond donors (Lipinski definition) is 2. The van der Waals surface area contributed by atoms with Crippen molar-refractivity contribution in [2.24, 2.45) is 11.8 Å². The van der Waals surface area contributed by atoms with Gasteiger partial charge in [0.05, 0.1) is 0 Å². The molecule has 104 valence electrons. The van der Waals surface area contributed by atoms with Crippen molar-refractivity contribution in [1.82, 2.24) is 10.6 Å². The summed E-state index contributed by atoms with van der Waals surface area (Å²) in [6.07, 6.45) is 8.52. The quantitative estimate of drug-likeness (QED) is 0.789. The van der Waals surface area contributed by atoms with E-state index in [2.05, 4.69) is 24.5 Å². The highest BCUT2D eigenvalue weighted by molar-refractivity contribution is 5.78. The summed E-state index contributed by atoms with van der Waals surface area (Å²) in [6.45, 7) is 5.61. The van der Waals surface area contributed by atoms with E-state index in [4.69, 9.17) is 0 Å². The van der Waals surface area contributed by atoms with Gasteiger partial charge >= 0.3 is 0 Å². The Morgan fingerprint density at radius 3 is 2.83 bits per heavy atom. The minimum atomic E-state index is 0.225. The van der Waals surface area contributed by atoms with E-state index in [9.17, 15) is 4.79 Å². The molecule has 0 aromatic rings. The van der Waals surface area contributed by atoms with Crippen LogP contribution < -0.4 is 10.6 Å². The van der Waals surface area contributed by atoms with E-state index in [1.54, 1.807) is 0 Å². The molecule has 1 saturated heterocycles. The van der Waals surface area contributed by atoms with Crippen molar-refractivity contribution in [3.05, 3.63) is 0 Å². The van der Waals surface area contributed by atoms with Gasteiger partial charge in [-0.15, -0.1) is 0 Å². The zero-order valence-electron chi connectivity index (χ0n) is 11.9. The minimum Gasteiger partial charge on any atom is -0.352 e. The van der Waals surface area contributed by atoms with Gasteiger partial charge in [-0.25, -0.2) is 0 Å². The molecule has 3 heteroatoms.